The summed E-state index contributed by atoms with van der Waals surface area (Å²) in [6.45, 7) is 0. The van der Waals surface area contributed by atoms with Crippen molar-refractivity contribution in [2.24, 2.45) is 20.5 Å². The van der Waals surface area contributed by atoms with Gasteiger partial charge in [-0.15, -0.1) is 20.5 Å². The Morgan fingerprint density at radius 1 is 0.577 bits per heavy atom. The second kappa shape index (κ2) is 14.8. The number of aromatic hydroxyl groups is 2. The number of nitrogens with zero attached hydrogens (tertiary/aromatic N) is 4. The summed E-state index contributed by atoms with van der Waals surface area (Å²) >= 11 is 0. The monoisotopic (exact) mass is 752 g/mol. The van der Waals surface area contributed by atoms with Crippen LogP contribution in [0.25, 0.3) is 32.7 Å². The van der Waals surface area contributed by atoms with Crippen LogP contribution in [0.5, 0.6) is 23.0 Å². The van der Waals surface area contributed by atoms with Crippen LogP contribution in [-0.4, -0.2) is 50.4 Å². The Morgan fingerprint density at radius 2 is 1.12 bits per heavy atom. The van der Waals surface area contributed by atoms with Crippen LogP contribution in [0.4, 0.5) is 28.4 Å². The zero-order valence-corrected chi connectivity index (χ0v) is 31.2. The van der Waals surface area contributed by atoms with Gasteiger partial charge in [-0.05, 0) is 71.1 Å². The average Bonchev–Trinajstić information content (AvgIpc) is 3.09. The van der Waals surface area contributed by atoms with E-state index in [-0.39, 0.29) is 85.4 Å². The van der Waals surface area contributed by atoms with E-state index >= 15 is 0 Å². The van der Waals surface area contributed by atoms with Crippen molar-refractivity contribution in [3.63, 3.8) is 0 Å². The predicted molar refractivity (Wildman–Crippen MR) is 189 cm³/mol. The van der Waals surface area contributed by atoms with E-state index in [1.807, 2.05) is 0 Å². The topological polar surface area (TPSA) is 243 Å². The molecule has 0 spiro atoms. The van der Waals surface area contributed by atoms with Crippen LogP contribution < -0.4 is 44.8 Å². The Kier molecular flexibility index (Phi) is 10.9. The van der Waals surface area contributed by atoms with Gasteiger partial charge in [-0.2, -0.15) is 16.8 Å². The van der Waals surface area contributed by atoms with Crippen LogP contribution in [-0.2, 0) is 20.2 Å². The molecule has 6 aromatic carbocycles. The molecule has 0 unspecified atom stereocenters. The fraction of sp³-hybridized carbons (Fsp3) is 0.0588. The van der Waals surface area contributed by atoms with E-state index < -0.39 is 41.5 Å². The van der Waals surface area contributed by atoms with Gasteiger partial charge in [0, 0.05) is 21.8 Å². The third kappa shape index (κ3) is 7.56. The maximum absolute atomic E-state index is 12.2. The van der Waals surface area contributed by atoms with Crippen molar-refractivity contribution in [2.75, 3.05) is 20.0 Å². The Balaban J connectivity index is 0.00000523. The van der Waals surface area contributed by atoms with Crippen LogP contribution in [0.2, 0.25) is 0 Å². The summed E-state index contributed by atoms with van der Waals surface area (Å²) in [5, 5.41) is 38.7. The first-order valence-electron chi connectivity index (χ1n) is 14.6. The minimum Gasteiger partial charge on any atom is -0.505 e. The molecule has 0 bridgehead atoms. The smallest absolute Gasteiger partial charge is 0.505 e. The third-order valence-electron chi connectivity index (χ3n) is 7.80. The number of phenols is 2. The molecule has 0 amide bonds. The zero-order chi connectivity index (χ0) is 36.7. The fourth-order valence-electron chi connectivity index (χ4n) is 5.36. The summed E-state index contributed by atoms with van der Waals surface area (Å²) in [4.78, 5) is -1.11. The molecular formula is C34H27N5NaO10S2+. The van der Waals surface area contributed by atoms with E-state index in [0.717, 1.165) is 12.1 Å². The number of fused-ring (bicyclic) bond motifs is 2. The first-order valence-corrected chi connectivity index (χ1v) is 17.5. The van der Waals surface area contributed by atoms with Crippen molar-refractivity contribution < 1.29 is 75.2 Å². The summed E-state index contributed by atoms with van der Waals surface area (Å²) in [5.74, 6) is -0.377. The summed E-state index contributed by atoms with van der Waals surface area (Å²) in [7, 11) is -6.69. The van der Waals surface area contributed by atoms with Gasteiger partial charge in [-0.1, -0.05) is 36.4 Å². The molecule has 18 heteroatoms. The van der Waals surface area contributed by atoms with Crippen molar-refractivity contribution in [2.45, 2.75) is 9.79 Å². The molecule has 0 heterocycles. The van der Waals surface area contributed by atoms with Crippen molar-refractivity contribution in [3.05, 3.63) is 91.0 Å². The largest absolute Gasteiger partial charge is 1.00 e. The SMILES string of the molecule is COc1cc(-c2ccc(N=Nc3c(S(=O)(=O)O)cc4cc(N)ccc4c3O)c(OC)c2)ccc1N=Nc1cc(S(=O)(=O)O)c2ccccc2c1O.[Na+]. The van der Waals surface area contributed by atoms with Gasteiger partial charge in [0.15, 0.2) is 11.5 Å². The quantitative estimate of drug-likeness (QED) is 0.0569. The number of azo groups is 2. The first kappa shape index (κ1) is 38.1. The van der Waals surface area contributed by atoms with Crippen LogP contribution in [0.3, 0.4) is 0 Å². The first-order chi connectivity index (χ1) is 24.2. The number of benzene rings is 6. The van der Waals surface area contributed by atoms with Crippen LogP contribution >= 0.6 is 0 Å². The molecule has 0 aromatic heterocycles. The Bertz CT molecular complexity index is 2670. The normalized spacial score (nSPS) is 12.1. The maximum Gasteiger partial charge on any atom is 1.00 e. The molecular weight excluding hydrogens is 726 g/mol. The van der Waals surface area contributed by atoms with Gasteiger partial charge in [0.1, 0.15) is 44.0 Å². The molecule has 0 aliphatic rings. The summed E-state index contributed by atoms with van der Waals surface area (Å²) in [5.41, 5.74) is 7.07. The van der Waals surface area contributed by atoms with E-state index in [0.29, 0.717) is 16.8 Å². The Labute approximate surface area is 318 Å². The molecule has 0 aliphatic carbocycles. The number of nitrogens with two attached hydrogens (primary N) is 1. The zero-order valence-electron chi connectivity index (χ0n) is 27.6. The second-order valence-electron chi connectivity index (χ2n) is 11.0. The van der Waals surface area contributed by atoms with Gasteiger partial charge in [0.25, 0.3) is 20.2 Å². The summed E-state index contributed by atoms with van der Waals surface area (Å²) < 4.78 is 79.2. The van der Waals surface area contributed by atoms with Crippen LogP contribution in [0, 0.1) is 0 Å². The molecule has 0 aliphatic heterocycles. The van der Waals surface area contributed by atoms with E-state index in [9.17, 15) is 36.2 Å². The van der Waals surface area contributed by atoms with Crippen LogP contribution in [0.1, 0.15) is 0 Å². The number of hydrogen-bond acceptors (Lipinski definition) is 13. The number of rotatable bonds is 9. The van der Waals surface area contributed by atoms with Crippen molar-refractivity contribution >= 4 is 70.2 Å². The molecule has 0 radical (unpaired) electrons. The molecule has 6 N–H and O–H groups in total. The molecule has 0 fully saturated rings. The number of hydrogen-bond donors (Lipinski definition) is 5. The van der Waals surface area contributed by atoms with Crippen molar-refractivity contribution in [3.8, 4) is 34.1 Å². The molecule has 260 valence electrons. The van der Waals surface area contributed by atoms with Crippen molar-refractivity contribution in [1.82, 2.24) is 0 Å². The standard InChI is InChI=1S/C34H27N5O10S2.Na/c1-48-28-14-18(7-11-25(28)36-38-27-17-30(50(42,43)44)23-5-3-4-6-24(23)33(27)40)19-8-12-26(29(15-19)49-2)37-39-32-31(51(45,46)47)16-20-13-21(35)9-10-22(20)34(32)41;/h3-17,40-41H,35H2,1-2H3,(H,42,43,44)(H,45,46,47);/q;+1. The molecule has 0 saturated heterocycles. The number of methoxy groups -OCH3 is 2. The molecule has 6 aromatic rings. The van der Waals surface area contributed by atoms with Crippen molar-refractivity contribution in [1.29, 1.82) is 0 Å². The van der Waals surface area contributed by atoms with E-state index in [4.69, 9.17) is 15.2 Å². The van der Waals surface area contributed by atoms with Crippen LogP contribution in [0.15, 0.2) is 121 Å². The Hall–Kier alpha value is -5.14. The van der Waals surface area contributed by atoms with Gasteiger partial charge < -0.3 is 25.4 Å². The molecule has 6 rings (SSSR count). The Morgan fingerprint density at radius 3 is 1.67 bits per heavy atom. The van der Waals surface area contributed by atoms with E-state index in [2.05, 4.69) is 20.5 Å². The minimum absolute atomic E-state index is 0. The number of anilines is 1. The molecule has 0 atom stereocenters. The number of ether oxygens (including phenoxy) is 2. The van der Waals surface area contributed by atoms with E-state index in [1.165, 1.54) is 44.6 Å². The average molecular weight is 753 g/mol. The molecule has 15 nitrogen and oxygen atoms in total. The molecule has 0 saturated carbocycles. The maximum atomic E-state index is 12.2. The fourth-order valence-corrected chi connectivity index (χ4v) is 6.73. The molecule has 52 heavy (non-hydrogen) atoms. The predicted octanol–water partition coefficient (Wildman–Crippen LogP) is 5.00. The van der Waals surface area contributed by atoms with Gasteiger partial charge >= 0.3 is 29.6 Å². The van der Waals surface area contributed by atoms with E-state index in [1.54, 1.807) is 48.5 Å². The second-order valence-corrected chi connectivity index (χ2v) is 13.7. The van der Waals surface area contributed by atoms with Gasteiger partial charge in [0.2, 0.25) is 0 Å². The minimum atomic E-state index is -4.83. The third-order valence-corrected chi connectivity index (χ3v) is 9.57. The number of phenolic OH excluding ortho intramolecular Hbond substituents is 2. The van der Waals surface area contributed by atoms with Gasteiger partial charge in [-0.25, -0.2) is 0 Å². The van der Waals surface area contributed by atoms with Gasteiger partial charge in [0.05, 0.1) is 14.2 Å². The number of nitrogen functional groups attached to an aromatic ring is 1. The summed E-state index contributed by atoms with van der Waals surface area (Å²) in [6, 6.07) is 22.4. The summed E-state index contributed by atoms with van der Waals surface area (Å²) in [6.07, 6.45) is 0. The van der Waals surface area contributed by atoms with Gasteiger partial charge in [-0.3, -0.25) is 9.11 Å².